The van der Waals surface area contributed by atoms with Gasteiger partial charge in [0.15, 0.2) is 0 Å². The molecule has 2 aromatic rings. The summed E-state index contributed by atoms with van der Waals surface area (Å²) in [6.45, 7) is 10.7. The molecule has 4 saturated heterocycles. The molecule has 1 aromatic heterocycles. The van der Waals surface area contributed by atoms with Crippen LogP contribution in [0, 0.1) is 12.3 Å². The van der Waals surface area contributed by atoms with Gasteiger partial charge < -0.3 is 34.7 Å². The van der Waals surface area contributed by atoms with E-state index < -0.39 is 5.60 Å². The van der Waals surface area contributed by atoms with E-state index in [4.69, 9.17) is 19.6 Å². The fourth-order valence-electron chi connectivity index (χ4n) is 5.52. The van der Waals surface area contributed by atoms with Crippen LogP contribution >= 0.6 is 0 Å². The number of morpholine rings is 1. The third kappa shape index (κ3) is 5.70. The van der Waals surface area contributed by atoms with Gasteiger partial charge in [-0.1, -0.05) is 0 Å². The van der Waals surface area contributed by atoms with Crippen molar-refractivity contribution >= 4 is 29.6 Å². The first-order chi connectivity index (χ1) is 18.1. The number of piperidine rings is 2. The van der Waals surface area contributed by atoms with Gasteiger partial charge in [-0.2, -0.15) is 9.97 Å². The van der Waals surface area contributed by atoms with Crippen LogP contribution in [0.3, 0.4) is 0 Å². The Balaban J connectivity index is 1.34. The molecule has 1 aromatic carbocycles. The van der Waals surface area contributed by atoms with Gasteiger partial charge in [-0.05, 0) is 69.7 Å². The standard InChI is InChI=1S/C28H38N6O4/c1-17-10-19(14-29)23(12-22(17)18-6-8-33(9-7-18)27(35)38-28(2,3)4)30-24-13-25(32-26(31-24)36-5)34-15-20-11-21(16-34)37-20/h10,12-14,18,20-21,29H,6-9,11,15-16H2,1-5H3,(H,30,31,32). The molecular weight excluding hydrogens is 484 g/mol. The van der Waals surface area contributed by atoms with Crippen molar-refractivity contribution in [1.29, 1.82) is 5.41 Å². The maximum Gasteiger partial charge on any atom is 0.410 e. The van der Waals surface area contributed by atoms with Crippen LogP contribution in [0.4, 0.5) is 22.1 Å². The number of carbonyl (C=O) groups excluding carboxylic acids is 1. The average Bonchev–Trinajstić information content (AvgIpc) is 2.88. The van der Waals surface area contributed by atoms with E-state index in [0.717, 1.165) is 55.0 Å². The Labute approximate surface area is 224 Å². The van der Waals surface area contributed by atoms with Crippen LogP contribution in [0.5, 0.6) is 6.01 Å². The van der Waals surface area contributed by atoms with Crippen molar-refractivity contribution in [2.24, 2.45) is 0 Å². The maximum absolute atomic E-state index is 12.5. The lowest BCUT2D eigenvalue weighted by Crippen LogP contribution is -2.57. The number of aromatic nitrogens is 2. The summed E-state index contributed by atoms with van der Waals surface area (Å²) in [5, 5.41) is 11.4. The van der Waals surface area contributed by atoms with Crippen LogP contribution in [0.2, 0.25) is 0 Å². The largest absolute Gasteiger partial charge is 0.467 e. The van der Waals surface area contributed by atoms with Gasteiger partial charge in [-0.15, -0.1) is 0 Å². The average molecular weight is 523 g/mol. The lowest BCUT2D eigenvalue weighted by molar-refractivity contribution is -0.133. The highest BCUT2D eigenvalue weighted by Gasteiger charge is 2.39. The second-order valence-electron chi connectivity index (χ2n) is 11.4. The molecule has 0 spiro atoms. The minimum Gasteiger partial charge on any atom is -0.467 e. The van der Waals surface area contributed by atoms with E-state index >= 15 is 0 Å². The minimum atomic E-state index is -0.501. The smallest absolute Gasteiger partial charge is 0.410 e. The SMILES string of the molecule is COc1nc(Nc2cc(C3CCN(C(=O)OC(C)(C)C)CC3)c(C)cc2C=N)cc(N2CC3CC(C2)O3)n1. The zero-order valence-electron chi connectivity index (χ0n) is 22.9. The zero-order chi connectivity index (χ0) is 27.0. The van der Waals surface area contributed by atoms with E-state index in [0.29, 0.717) is 30.8 Å². The monoisotopic (exact) mass is 522 g/mol. The number of amides is 1. The van der Waals surface area contributed by atoms with Gasteiger partial charge in [0.05, 0.1) is 19.3 Å². The van der Waals surface area contributed by atoms with Crippen molar-refractivity contribution < 1.29 is 19.0 Å². The van der Waals surface area contributed by atoms with E-state index in [-0.39, 0.29) is 18.3 Å². The summed E-state index contributed by atoms with van der Waals surface area (Å²) < 4.78 is 16.7. The quantitative estimate of drug-likeness (QED) is 0.528. The molecule has 0 radical (unpaired) electrons. The Bertz CT molecular complexity index is 1190. The van der Waals surface area contributed by atoms with Crippen molar-refractivity contribution in [3.8, 4) is 6.01 Å². The van der Waals surface area contributed by atoms with E-state index in [1.54, 1.807) is 12.0 Å². The number of rotatable bonds is 6. The van der Waals surface area contributed by atoms with Gasteiger partial charge in [0.1, 0.15) is 17.2 Å². The van der Waals surface area contributed by atoms with E-state index in [1.807, 2.05) is 32.9 Å². The molecule has 2 unspecified atom stereocenters. The van der Waals surface area contributed by atoms with Gasteiger partial charge >= 0.3 is 12.1 Å². The Morgan fingerprint density at radius 2 is 1.84 bits per heavy atom. The normalized spacial score (nSPS) is 21.5. The molecule has 0 aliphatic carbocycles. The van der Waals surface area contributed by atoms with Crippen molar-refractivity contribution in [3.63, 3.8) is 0 Å². The van der Waals surface area contributed by atoms with E-state index in [1.165, 1.54) is 11.8 Å². The first-order valence-electron chi connectivity index (χ1n) is 13.4. The topological polar surface area (TPSA) is 113 Å². The molecule has 38 heavy (non-hydrogen) atoms. The molecule has 0 saturated carbocycles. The fraction of sp³-hybridized carbons (Fsp3) is 0.571. The summed E-state index contributed by atoms with van der Waals surface area (Å²) in [5.74, 6) is 1.73. The molecule has 4 aliphatic heterocycles. The summed E-state index contributed by atoms with van der Waals surface area (Å²) in [6, 6.07) is 6.39. The number of anilines is 3. The molecule has 2 atom stereocenters. The number of likely N-dealkylation sites (tertiary alicyclic amines) is 1. The number of hydrogen-bond donors (Lipinski definition) is 2. The number of ether oxygens (including phenoxy) is 3. The van der Waals surface area contributed by atoms with Gasteiger partial charge in [-0.3, -0.25) is 0 Å². The Morgan fingerprint density at radius 3 is 2.45 bits per heavy atom. The third-order valence-corrected chi connectivity index (χ3v) is 7.40. The van der Waals surface area contributed by atoms with Crippen LogP contribution in [0.25, 0.3) is 0 Å². The second-order valence-corrected chi connectivity index (χ2v) is 11.4. The molecular formula is C28H38N6O4. The van der Waals surface area contributed by atoms with Gasteiger partial charge in [0, 0.05) is 56.1 Å². The number of carbonyl (C=O) groups is 1. The first kappa shape index (κ1) is 26.2. The number of hydrogen-bond acceptors (Lipinski definition) is 9. The van der Waals surface area contributed by atoms with Crippen molar-refractivity contribution in [2.45, 2.75) is 70.7 Å². The lowest BCUT2D eigenvalue weighted by atomic mass is 9.85. The molecule has 1 amide bonds. The molecule has 6 rings (SSSR count). The minimum absolute atomic E-state index is 0.250. The Hall–Kier alpha value is -3.40. The predicted octanol–water partition coefficient (Wildman–Crippen LogP) is 4.63. The molecule has 2 N–H and O–H groups in total. The summed E-state index contributed by atoms with van der Waals surface area (Å²) in [4.78, 5) is 25.6. The number of nitrogens with zero attached hydrogens (tertiary/aromatic N) is 4. The summed E-state index contributed by atoms with van der Waals surface area (Å²) in [7, 11) is 1.57. The van der Waals surface area contributed by atoms with Gasteiger partial charge in [-0.25, -0.2) is 4.79 Å². The molecule has 204 valence electrons. The molecule has 2 bridgehead atoms. The number of fused-ring (bicyclic) bond motifs is 2. The first-order valence-corrected chi connectivity index (χ1v) is 13.4. The molecule has 10 nitrogen and oxygen atoms in total. The summed E-state index contributed by atoms with van der Waals surface area (Å²) in [5.41, 5.74) is 3.45. The number of benzene rings is 1. The number of nitrogens with one attached hydrogen (secondary N) is 2. The maximum atomic E-state index is 12.5. The highest BCUT2D eigenvalue weighted by atomic mass is 16.6. The Kier molecular flexibility index (Phi) is 7.17. The predicted molar refractivity (Wildman–Crippen MR) is 146 cm³/mol. The lowest BCUT2D eigenvalue weighted by Gasteiger charge is -2.47. The van der Waals surface area contributed by atoms with Crippen LogP contribution in [-0.2, 0) is 9.47 Å². The second kappa shape index (κ2) is 10.4. The highest BCUT2D eigenvalue weighted by molar-refractivity contribution is 5.88. The molecule has 4 fully saturated rings. The van der Waals surface area contributed by atoms with E-state index in [2.05, 4.69) is 33.2 Å². The van der Waals surface area contributed by atoms with E-state index in [9.17, 15) is 4.79 Å². The summed E-state index contributed by atoms with van der Waals surface area (Å²) >= 11 is 0. The van der Waals surface area contributed by atoms with Gasteiger partial charge in [0.25, 0.3) is 0 Å². The fourth-order valence-corrected chi connectivity index (χ4v) is 5.52. The summed E-state index contributed by atoms with van der Waals surface area (Å²) in [6.07, 6.45) is 4.45. The Morgan fingerprint density at radius 1 is 1.16 bits per heavy atom. The van der Waals surface area contributed by atoms with Crippen LogP contribution in [0.1, 0.15) is 62.6 Å². The molecule has 5 heterocycles. The number of methoxy groups -OCH3 is 1. The van der Waals surface area contributed by atoms with Crippen molar-refractivity contribution in [2.75, 3.05) is 43.5 Å². The van der Waals surface area contributed by atoms with Crippen molar-refractivity contribution in [1.82, 2.24) is 14.9 Å². The molecule has 4 aliphatic rings. The number of aryl methyl sites for hydroxylation is 1. The zero-order valence-corrected chi connectivity index (χ0v) is 22.9. The highest BCUT2D eigenvalue weighted by Crippen LogP contribution is 2.36. The van der Waals surface area contributed by atoms with Crippen LogP contribution in [0.15, 0.2) is 18.2 Å². The molecule has 10 heteroatoms. The van der Waals surface area contributed by atoms with Gasteiger partial charge in [0.2, 0.25) is 0 Å². The van der Waals surface area contributed by atoms with Crippen LogP contribution < -0.4 is 15.0 Å². The third-order valence-electron chi connectivity index (χ3n) is 7.40. The van der Waals surface area contributed by atoms with Crippen LogP contribution in [-0.4, -0.2) is 78.3 Å². The van der Waals surface area contributed by atoms with Crippen molar-refractivity contribution in [3.05, 3.63) is 34.9 Å².